The van der Waals surface area contributed by atoms with Crippen molar-refractivity contribution in [2.45, 2.75) is 171 Å². The molecule has 1 aromatic rings. The molecular formula is C52H78N12O13S. The number of amides is 9. The number of fused-ring (bicyclic) bond motifs is 1. The Kier molecular flexibility index (Phi) is 28.5. The number of nitrogens with zero attached hydrogens (tertiary/aromatic N) is 3. The summed E-state index contributed by atoms with van der Waals surface area (Å²) in [6, 6.07) is 2.62. The SMILES string of the molecule is CC(C)C(NC(=O)CCCC[C@@H]1SC[C@@H]2NC(=O)N[C@@H]21)C(=O)N[C@@H](CCCNC(N)=O)C(=O)Nc1ccc(COC(=O)NC(CCCCCC(=O)CCOCCN=[N+]=[N-])C(=O)NCCCC(=O)CC2CCC(=O)C(=O)C2)cc1. The van der Waals surface area contributed by atoms with E-state index in [4.69, 9.17) is 20.7 Å². The first-order valence-electron chi connectivity index (χ1n) is 27.0. The molecule has 3 aliphatic rings. The minimum Gasteiger partial charge on any atom is -0.445 e. The molecule has 1 aliphatic carbocycles. The number of ether oxygens (including phenoxy) is 2. The van der Waals surface area contributed by atoms with Crippen molar-refractivity contribution in [1.82, 2.24) is 37.2 Å². The van der Waals surface area contributed by atoms with Crippen LogP contribution in [0.2, 0.25) is 0 Å². The molecule has 0 radical (unpaired) electrons. The van der Waals surface area contributed by atoms with Crippen LogP contribution < -0.4 is 48.3 Å². The number of benzene rings is 1. The van der Waals surface area contributed by atoms with Crippen LogP contribution in [0.15, 0.2) is 29.4 Å². The zero-order valence-corrected chi connectivity index (χ0v) is 45.6. The Morgan fingerprint density at radius 1 is 0.782 bits per heavy atom. The molecule has 4 rings (SSSR count). The van der Waals surface area contributed by atoms with Crippen LogP contribution in [0, 0.1) is 11.8 Å². The molecule has 25 nitrogen and oxygen atoms in total. The summed E-state index contributed by atoms with van der Waals surface area (Å²) in [5, 5.41) is 25.8. The van der Waals surface area contributed by atoms with Crippen LogP contribution in [-0.2, 0) is 54.4 Å². The summed E-state index contributed by atoms with van der Waals surface area (Å²) in [5.74, 6) is -2.51. The van der Waals surface area contributed by atoms with Gasteiger partial charge in [-0.2, -0.15) is 11.8 Å². The normalized spacial score (nSPS) is 18.7. The van der Waals surface area contributed by atoms with E-state index in [-0.39, 0.29) is 150 Å². The molecule has 2 saturated heterocycles. The first-order chi connectivity index (χ1) is 37.4. The number of ketones is 4. The van der Waals surface area contributed by atoms with Crippen molar-refractivity contribution in [1.29, 1.82) is 0 Å². The fraction of sp³-hybridized carbons (Fsp3) is 0.673. The first-order valence-corrected chi connectivity index (χ1v) is 28.1. The Bertz CT molecular complexity index is 2280. The molecule has 2 aliphatic heterocycles. The van der Waals surface area contributed by atoms with E-state index < -0.39 is 59.5 Å². The minimum absolute atomic E-state index is 0.00188. The highest BCUT2D eigenvalue weighted by Crippen LogP contribution is 2.33. The molecule has 430 valence electrons. The summed E-state index contributed by atoms with van der Waals surface area (Å²) in [4.78, 5) is 141. The van der Waals surface area contributed by atoms with E-state index in [1.807, 2.05) is 0 Å². The lowest BCUT2D eigenvalue weighted by molar-refractivity contribution is -0.139. The maximum Gasteiger partial charge on any atom is 0.408 e. The second-order valence-corrected chi connectivity index (χ2v) is 21.4. The quantitative estimate of drug-likeness (QED) is 0.0113. The van der Waals surface area contributed by atoms with Crippen LogP contribution in [0.1, 0.15) is 135 Å². The Hall–Kier alpha value is -6.79. The van der Waals surface area contributed by atoms with E-state index in [0.717, 1.165) is 18.6 Å². The van der Waals surface area contributed by atoms with Crippen LogP contribution in [0.25, 0.3) is 10.4 Å². The van der Waals surface area contributed by atoms with Gasteiger partial charge in [-0.3, -0.25) is 38.4 Å². The van der Waals surface area contributed by atoms with Gasteiger partial charge in [-0.1, -0.05) is 50.4 Å². The Balaban J connectivity index is 1.26. The van der Waals surface area contributed by atoms with Crippen LogP contribution in [0.3, 0.4) is 0 Å². The van der Waals surface area contributed by atoms with Gasteiger partial charge in [0, 0.05) is 86.2 Å². The standard InChI is InChI=1S/C52H78N12O13S/c1-32(2)45(62-44(69)15-7-6-14-43-46-40(31-78-43)60-51(74)63-46)49(72)59-39(13-9-24-56-50(53)73)48(71)58-35-19-16-33(17-20-35)30-77-52(75)61-38(12-5-3-4-10-36(65)22-26-76-27-25-57-64-54)47(70)55-23-8-11-37(66)28-34-18-21-41(67)42(68)29-34/h16-17,19-20,32,34,38-40,43,45-46H,3-15,18,21-31H2,1-2H3,(H,55,70)(H,58,71)(H,59,72)(H,61,75)(H,62,69)(H3,53,56,73)(H2,60,63,74)/t34?,38?,39-,40-,43-,45?,46-/m0/s1. The molecule has 1 aromatic carbocycles. The number of unbranched alkanes of at least 4 members (excludes halogenated alkanes) is 3. The number of urea groups is 2. The molecule has 0 spiro atoms. The zero-order chi connectivity index (χ0) is 56.8. The van der Waals surface area contributed by atoms with Gasteiger partial charge >= 0.3 is 18.2 Å². The van der Waals surface area contributed by atoms with Crippen molar-refractivity contribution < 1.29 is 62.2 Å². The lowest BCUT2D eigenvalue weighted by Crippen LogP contribution is -2.54. The Morgan fingerprint density at radius 2 is 1.50 bits per heavy atom. The number of nitrogens with one attached hydrogen (secondary N) is 8. The molecule has 0 bridgehead atoms. The van der Waals surface area contributed by atoms with Crippen LogP contribution in [0.4, 0.5) is 20.1 Å². The van der Waals surface area contributed by atoms with Gasteiger partial charge in [0.25, 0.3) is 0 Å². The molecule has 1 saturated carbocycles. The Labute approximate surface area is 458 Å². The van der Waals surface area contributed by atoms with Crippen molar-refractivity contribution in [2.24, 2.45) is 22.7 Å². The number of alkyl carbamates (subject to hydrolysis) is 1. The van der Waals surface area contributed by atoms with Crippen LogP contribution in [0.5, 0.6) is 0 Å². The molecule has 7 atom stereocenters. The highest BCUT2D eigenvalue weighted by atomic mass is 32.2. The highest BCUT2D eigenvalue weighted by molar-refractivity contribution is 8.00. The minimum atomic E-state index is -1.08. The largest absolute Gasteiger partial charge is 0.445 e. The summed E-state index contributed by atoms with van der Waals surface area (Å²) < 4.78 is 10.8. The number of Topliss-reactive ketones (excluding diaryl/α,β-unsaturated/α-hetero) is 4. The summed E-state index contributed by atoms with van der Waals surface area (Å²) in [7, 11) is 0. The molecule has 3 fully saturated rings. The van der Waals surface area contributed by atoms with Gasteiger partial charge < -0.3 is 57.7 Å². The van der Waals surface area contributed by atoms with Gasteiger partial charge in [0.15, 0.2) is 11.6 Å². The maximum atomic E-state index is 13.7. The zero-order valence-electron chi connectivity index (χ0n) is 44.7. The van der Waals surface area contributed by atoms with Crippen molar-refractivity contribution >= 4 is 82.4 Å². The number of carbonyl (C=O) groups is 11. The number of carbonyl (C=O) groups excluding carboxylic acids is 11. The van der Waals surface area contributed by atoms with E-state index in [9.17, 15) is 52.7 Å². The molecule has 0 aromatic heterocycles. The van der Waals surface area contributed by atoms with E-state index >= 15 is 0 Å². The third kappa shape index (κ3) is 24.3. The number of azide groups is 1. The predicted octanol–water partition coefficient (Wildman–Crippen LogP) is 4.05. The third-order valence-corrected chi connectivity index (χ3v) is 15.0. The van der Waals surface area contributed by atoms with Gasteiger partial charge in [0.05, 0.1) is 25.3 Å². The smallest absolute Gasteiger partial charge is 0.408 e. The molecular weight excluding hydrogens is 1030 g/mol. The number of hydrogen-bond donors (Lipinski definition) is 9. The highest BCUT2D eigenvalue weighted by Gasteiger charge is 2.42. The predicted molar refractivity (Wildman–Crippen MR) is 288 cm³/mol. The van der Waals surface area contributed by atoms with Gasteiger partial charge in [-0.15, -0.1) is 0 Å². The fourth-order valence-corrected chi connectivity index (χ4v) is 10.7. The van der Waals surface area contributed by atoms with E-state index in [1.165, 1.54) is 0 Å². The molecule has 2 heterocycles. The van der Waals surface area contributed by atoms with E-state index in [2.05, 4.69) is 52.6 Å². The van der Waals surface area contributed by atoms with E-state index in [0.29, 0.717) is 56.2 Å². The molecule has 78 heavy (non-hydrogen) atoms. The third-order valence-electron chi connectivity index (χ3n) is 13.5. The summed E-state index contributed by atoms with van der Waals surface area (Å²) in [6.45, 7) is 4.23. The molecule has 9 amide bonds. The number of primary amides is 1. The van der Waals surface area contributed by atoms with Crippen LogP contribution in [-0.4, -0.2) is 139 Å². The second kappa shape index (κ2) is 34.9. The summed E-state index contributed by atoms with van der Waals surface area (Å²) >= 11 is 1.80. The first kappa shape index (κ1) is 63.7. The second-order valence-electron chi connectivity index (χ2n) is 20.2. The monoisotopic (exact) mass is 1110 g/mol. The molecule has 26 heteroatoms. The van der Waals surface area contributed by atoms with Crippen molar-refractivity contribution in [2.75, 3.05) is 43.9 Å². The lowest BCUT2D eigenvalue weighted by atomic mass is 9.84. The van der Waals surface area contributed by atoms with Gasteiger partial charge in [0.2, 0.25) is 23.6 Å². The lowest BCUT2D eigenvalue weighted by Gasteiger charge is -2.25. The number of thioether (sulfide) groups is 1. The van der Waals surface area contributed by atoms with Gasteiger partial charge in [0.1, 0.15) is 36.3 Å². The van der Waals surface area contributed by atoms with Gasteiger partial charge in [-0.25, -0.2) is 14.4 Å². The fourth-order valence-electron chi connectivity index (χ4n) is 9.20. The number of rotatable bonds is 37. The summed E-state index contributed by atoms with van der Waals surface area (Å²) in [5.41, 5.74) is 14.5. The molecule has 3 unspecified atom stereocenters. The average molecular weight is 1110 g/mol. The van der Waals surface area contributed by atoms with Crippen molar-refractivity contribution in [3.8, 4) is 0 Å². The summed E-state index contributed by atoms with van der Waals surface area (Å²) in [6.07, 6.45) is 5.59. The van der Waals surface area contributed by atoms with E-state index in [1.54, 1.807) is 49.9 Å². The van der Waals surface area contributed by atoms with Crippen LogP contribution >= 0.6 is 11.8 Å². The van der Waals surface area contributed by atoms with Crippen molar-refractivity contribution in [3.63, 3.8) is 0 Å². The average Bonchev–Trinajstić information content (AvgIpc) is 3.97. The number of nitrogens with two attached hydrogens (primary N) is 1. The van der Waals surface area contributed by atoms with Crippen molar-refractivity contribution in [3.05, 3.63) is 40.3 Å². The van der Waals surface area contributed by atoms with Gasteiger partial charge in [-0.05, 0) is 86.4 Å². The Morgan fingerprint density at radius 3 is 2.23 bits per heavy atom. The topological polar surface area (TPSA) is 377 Å². The number of anilines is 1. The number of hydrogen-bond acceptors (Lipinski definition) is 15. The maximum absolute atomic E-state index is 13.7. The molecule has 10 N–H and O–H groups in total.